The average molecular weight is 184 g/mol. The second-order valence-corrected chi connectivity index (χ2v) is 3.82. The molecule has 1 fully saturated rings. The van der Waals surface area contributed by atoms with Gasteiger partial charge in [0, 0.05) is 26.1 Å². The van der Waals surface area contributed by atoms with Crippen molar-refractivity contribution >= 4 is 5.91 Å². The number of hydrogen-bond donors (Lipinski definition) is 1. The lowest BCUT2D eigenvalue weighted by atomic mass is 10.1. The maximum absolute atomic E-state index is 11.2. The van der Waals surface area contributed by atoms with Crippen LogP contribution in [0.5, 0.6) is 0 Å². The summed E-state index contributed by atoms with van der Waals surface area (Å²) in [6.45, 7) is 4.16. The van der Waals surface area contributed by atoms with Crippen molar-refractivity contribution in [1.82, 2.24) is 10.2 Å². The highest BCUT2D eigenvalue weighted by Crippen LogP contribution is 2.09. The van der Waals surface area contributed by atoms with Gasteiger partial charge in [-0.05, 0) is 19.4 Å². The van der Waals surface area contributed by atoms with Crippen LogP contribution in [0, 0.1) is 0 Å². The number of carbonyl (C=O) groups excluding carboxylic acids is 1. The van der Waals surface area contributed by atoms with E-state index in [9.17, 15) is 4.79 Å². The number of likely N-dealkylation sites (N-methyl/N-ethyl adjacent to an activating group) is 1. The molecule has 1 heterocycles. The fraction of sp³-hybridized carbons (Fsp3) is 0.900. The minimum Gasteiger partial charge on any atom is -0.344 e. The molecule has 0 saturated carbocycles. The van der Waals surface area contributed by atoms with Crippen LogP contribution >= 0.6 is 0 Å². The second kappa shape index (κ2) is 5.22. The molecule has 3 nitrogen and oxygen atoms in total. The molecule has 3 heteroatoms. The Morgan fingerprint density at radius 2 is 2.38 bits per heavy atom. The summed E-state index contributed by atoms with van der Waals surface area (Å²) >= 11 is 0. The molecular weight excluding hydrogens is 164 g/mol. The summed E-state index contributed by atoms with van der Waals surface area (Å²) in [6, 6.07) is 0.522. The van der Waals surface area contributed by atoms with Gasteiger partial charge in [0.2, 0.25) is 5.91 Å². The maximum atomic E-state index is 11.2. The molecule has 1 unspecified atom stereocenters. The SMILES string of the molecule is CCCCNC1CCC(=O)N(C)C1. The van der Waals surface area contributed by atoms with E-state index in [0.29, 0.717) is 12.5 Å². The Morgan fingerprint density at radius 1 is 1.62 bits per heavy atom. The Labute approximate surface area is 80.5 Å². The number of nitrogens with one attached hydrogen (secondary N) is 1. The van der Waals surface area contributed by atoms with Crippen molar-refractivity contribution in [2.75, 3.05) is 20.1 Å². The Bertz CT molecular complexity index is 170. The maximum Gasteiger partial charge on any atom is 0.222 e. The third-order valence-corrected chi connectivity index (χ3v) is 2.59. The Hall–Kier alpha value is -0.570. The highest BCUT2D eigenvalue weighted by atomic mass is 16.2. The summed E-state index contributed by atoms with van der Waals surface area (Å²) in [7, 11) is 1.88. The first-order valence-corrected chi connectivity index (χ1v) is 5.21. The number of nitrogens with zero attached hydrogens (tertiary/aromatic N) is 1. The molecule has 0 aromatic heterocycles. The van der Waals surface area contributed by atoms with Crippen LogP contribution in [-0.2, 0) is 4.79 Å². The molecule has 0 aromatic carbocycles. The van der Waals surface area contributed by atoms with E-state index in [1.54, 1.807) is 0 Å². The van der Waals surface area contributed by atoms with Gasteiger partial charge in [0.1, 0.15) is 0 Å². The lowest BCUT2D eigenvalue weighted by Crippen LogP contribution is -2.46. The standard InChI is InChI=1S/C10H20N2O/c1-3-4-7-11-9-5-6-10(13)12(2)8-9/h9,11H,3-8H2,1-2H3. The van der Waals surface area contributed by atoms with Crippen LogP contribution in [0.4, 0.5) is 0 Å². The Kier molecular flexibility index (Phi) is 4.22. The van der Waals surface area contributed by atoms with Crippen LogP contribution < -0.4 is 5.32 Å². The van der Waals surface area contributed by atoms with E-state index in [-0.39, 0.29) is 5.91 Å². The van der Waals surface area contributed by atoms with Gasteiger partial charge < -0.3 is 10.2 Å². The highest BCUT2D eigenvalue weighted by Gasteiger charge is 2.21. The van der Waals surface area contributed by atoms with Crippen LogP contribution in [0.2, 0.25) is 0 Å². The van der Waals surface area contributed by atoms with E-state index < -0.39 is 0 Å². The summed E-state index contributed by atoms with van der Waals surface area (Å²) in [5.41, 5.74) is 0. The highest BCUT2D eigenvalue weighted by molar-refractivity contribution is 5.76. The normalized spacial score (nSPS) is 23.7. The number of carbonyl (C=O) groups is 1. The molecule has 1 rings (SSSR count). The van der Waals surface area contributed by atoms with E-state index in [1.807, 2.05) is 11.9 Å². The summed E-state index contributed by atoms with van der Waals surface area (Å²) in [5, 5.41) is 3.48. The fourth-order valence-corrected chi connectivity index (χ4v) is 1.66. The number of unbranched alkanes of at least 4 members (excludes halogenated alkanes) is 1. The van der Waals surface area contributed by atoms with Crippen molar-refractivity contribution in [2.24, 2.45) is 0 Å². The first-order chi connectivity index (χ1) is 6.24. The molecular formula is C10H20N2O. The lowest BCUT2D eigenvalue weighted by molar-refractivity contribution is -0.132. The number of likely N-dealkylation sites (tertiary alicyclic amines) is 1. The van der Waals surface area contributed by atoms with Crippen molar-refractivity contribution in [2.45, 2.75) is 38.6 Å². The third-order valence-electron chi connectivity index (χ3n) is 2.59. The topological polar surface area (TPSA) is 32.3 Å². The predicted molar refractivity (Wildman–Crippen MR) is 53.6 cm³/mol. The molecule has 1 N–H and O–H groups in total. The summed E-state index contributed by atoms with van der Waals surface area (Å²) in [5.74, 6) is 0.286. The summed E-state index contributed by atoms with van der Waals surface area (Å²) in [6.07, 6.45) is 4.18. The third kappa shape index (κ3) is 3.35. The largest absolute Gasteiger partial charge is 0.344 e. The quantitative estimate of drug-likeness (QED) is 0.661. The zero-order chi connectivity index (χ0) is 9.68. The number of amides is 1. The Balaban J connectivity index is 2.17. The molecule has 76 valence electrons. The van der Waals surface area contributed by atoms with Crippen molar-refractivity contribution in [3.63, 3.8) is 0 Å². The average Bonchev–Trinajstić information content (AvgIpc) is 2.12. The zero-order valence-corrected chi connectivity index (χ0v) is 8.68. The molecule has 1 amide bonds. The van der Waals surface area contributed by atoms with Crippen LogP contribution in [0.1, 0.15) is 32.6 Å². The fourth-order valence-electron chi connectivity index (χ4n) is 1.66. The minimum absolute atomic E-state index is 0.286. The first-order valence-electron chi connectivity index (χ1n) is 5.21. The van der Waals surface area contributed by atoms with Gasteiger partial charge in [0.15, 0.2) is 0 Å². The van der Waals surface area contributed by atoms with Gasteiger partial charge in [-0.25, -0.2) is 0 Å². The minimum atomic E-state index is 0.286. The van der Waals surface area contributed by atoms with Gasteiger partial charge in [-0.15, -0.1) is 0 Å². The molecule has 1 aliphatic heterocycles. The van der Waals surface area contributed by atoms with Crippen molar-refractivity contribution in [1.29, 1.82) is 0 Å². The van der Waals surface area contributed by atoms with E-state index in [2.05, 4.69) is 12.2 Å². The Morgan fingerprint density at radius 3 is 3.00 bits per heavy atom. The van der Waals surface area contributed by atoms with Crippen LogP contribution in [0.3, 0.4) is 0 Å². The van der Waals surface area contributed by atoms with E-state index in [1.165, 1.54) is 12.8 Å². The van der Waals surface area contributed by atoms with Crippen LogP contribution in [-0.4, -0.2) is 37.0 Å². The second-order valence-electron chi connectivity index (χ2n) is 3.82. The van der Waals surface area contributed by atoms with Gasteiger partial charge in [-0.1, -0.05) is 13.3 Å². The molecule has 0 bridgehead atoms. The molecule has 0 spiro atoms. The van der Waals surface area contributed by atoms with Crippen LogP contribution in [0.15, 0.2) is 0 Å². The lowest BCUT2D eigenvalue weighted by Gasteiger charge is -2.30. The zero-order valence-electron chi connectivity index (χ0n) is 8.68. The van der Waals surface area contributed by atoms with Crippen molar-refractivity contribution < 1.29 is 4.79 Å². The molecule has 0 aliphatic carbocycles. The molecule has 1 atom stereocenters. The van der Waals surface area contributed by atoms with Gasteiger partial charge >= 0.3 is 0 Å². The summed E-state index contributed by atoms with van der Waals surface area (Å²) < 4.78 is 0. The van der Waals surface area contributed by atoms with E-state index >= 15 is 0 Å². The number of rotatable bonds is 4. The van der Waals surface area contributed by atoms with Crippen molar-refractivity contribution in [3.8, 4) is 0 Å². The number of piperidine rings is 1. The molecule has 0 radical (unpaired) electrons. The first kappa shape index (κ1) is 10.5. The van der Waals surface area contributed by atoms with E-state index in [4.69, 9.17) is 0 Å². The molecule has 1 aliphatic rings. The van der Waals surface area contributed by atoms with Gasteiger partial charge in [0.25, 0.3) is 0 Å². The predicted octanol–water partition coefficient (Wildman–Crippen LogP) is 0.997. The molecule has 1 saturated heterocycles. The van der Waals surface area contributed by atoms with Crippen LogP contribution in [0.25, 0.3) is 0 Å². The van der Waals surface area contributed by atoms with Gasteiger partial charge in [-0.3, -0.25) is 4.79 Å². The smallest absolute Gasteiger partial charge is 0.222 e. The van der Waals surface area contributed by atoms with Gasteiger partial charge in [0.05, 0.1) is 0 Å². The molecule has 0 aromatic rings. The summed E-state index contributed by atoms with van der Waals surface area (Å²) in [4.78, 5) is 13.0. The van der Waals surface area contributed by atoms with E-state index in [0.717, 1.165) is 19.5 Å². The van der Waals surface area contributed by atoms with Crippen molar-refractivity contribution in [3.05, 3.63) is 0 Å². The van der Waals surface area contributed by atoms with Gasteiger partial charge in [-0.2, -0.15) is 0 Å². The monoisotopic (exact) mass is 184 g/mol. The molecule has 13 heavy (non-hydrogen) atoms. The number of hydrogen-bond acceptors (Lipinski definition) is 2.